The normalized spacial score (nSPS) is 10.8. The second kappa shape index (κ2) is 7.80. The fourth-order valence-corrected chi connectivity index (χ4v) is 3.66. The van der Waals surface area contributed by atoms with Crippen molar-refractivity contribution in [3.8, 4) is 22.5 Å². The van der Waals surface area contributed by atoms with E-state index in [1.165, 1.54) is 0 Å². The number of nitrogens with one attached hydrogen (secondary N) is 1. The molecular formula is C27H19FN2. The highest BCUT2D eigenvalue weighted by atomic mass is 19.1. The van der Waals surface area contributed by atoms with Crippen molar-refractivity contribution in [2.45, 2.75) is 0 Å². The number of rotatable bonds is 4. The number of aromatic nitrogens is 1. The summed E-state index contributed by atoms with van der Waals surface area (Å²) in [4.78, 5) is 4.75. The second-order valence-electron chi connectivity index (χ2n) is 7.10. The quantitative estimate of drug-likeness (QED) is 0.345. The average Bonchev–Trinajstić information content (AvgIpc) is 2.81. The van der Waals surface area contributed by atoms with E-state index in [2.05, 4.69) is 5.32 Å². The van der Waals surface area contributed by atoms with Gasteiger partial charge in [-0.1, -0.05) is 91.0 Å². The molecule has 0 fully saturated rings. The van der Waals surface area contributed by atoms with E-state index in [0.717, 1.165) is 33.3 Å². The molecule has 2 nitrogen and oxygen atoms in total. The van der Waals surface area contributed by atoms with Gasteiger partial charge in [-0.3, -0.25) is 0 Å². The SMILES string of the molecule is Fc1c(Nc2ccccc2)cc(-c2ccccc2)nc1-c1cccc2ccccc12. The van der Waals surface area contributed by atoms with Crippen molar-refractivity contribution < 1.29 is 4.39 Å². The zero-order valence-corrected chi connectivity index (χ0v) is 16.2. The molecule has 1 aromatic heterocycles. The van der Waals surface area contributed by atoms with E-state index < -0.39 is 0 Å². The molecule has 0 spiro atoms. The molecule has 0 aliphatic carbocycles. The van der Waals surface area contributed by atoms with Gasteiger partial charge < -0.3 is 5.32 Å². The Bertz CT molecular complexity index is 1310. The Balaban J connectivity index is 1.74. The van der Waals surface area contributed by atoms with Gasteiger partial charge in [0.1, 0.15) is 5.69 Å². The van der Waals surface area contributed by atoms with Gasteiger partial charge in [0.2, 0.25) is 0 Å². The van der Waals surface area contributed by atoms with E-state index in [9.17, 15) is 0 Å². The number of hydrogen-bond donors (Lipinski definition) is 1. The van der Waals surface area contributed by atoms with Crippen molar-refractivity contribution in [1.29, 1.82) is 0 Å². The molecule has 0 amide bonds. The lowest BCUT2D eigenvalue weighted by Crippen LogP contribution is -2.00. The van der Waals surface area contributed by atoms with Gasteiger partial charge in [0.25, 0.3) is 0 Å². The first-order chi connectivity index (χ1) is 14.8. The van der Waals surface area contributed by atoms with Crippen LogP contribution in [0.3, 0.4) is 0 Å². The average molecular weight is 390 g/mol. The summed E-state index contributed by atoms with van der Waals surface area (Å²) in [6, 6.07) is 35.1. The van der Waals surface area contributed by atoms with Gasteiger partial charge in [0, 0.05) is 16.8 Å². The number of benzene rings is 4. The molecule has 0 unspecified atom stereocenters. The minimum atomic E-state index is -0.366. The number of nitrogens with zero attached hydrogens (tertiary/aromatic N) is 1. The van der Waals surface area contributed by atoms with E-state index in [-0.39, 0.29) is 5.82 Å². The number of anilines is 2. The van der Waals surface area contributed by atoms with Crippen molar-refractivity contribution in [1.82, 2.24) is 4.98 Å². The first-order valence-electron chi connectivity index (χ1n) is 9.86. The minimum Gasteiger partial charge on any atom is -0.353 e. The van der Waals surface area contributed by atoms with Gasteiger partial charge in [0.15, 0.2) is 5.82 Å². The summed E-state index contributed by atoms with van der Waals surface area (Å²) in [6.07, 6.45) is 0. The van der Waals surface area contributed by atoms with Crippen molar-refractivity contribution in [3.63, 3.8) is 0 Å². The van der Waals surface area contributed by atoms with Crippen LogP contribution in [0.25, 0.3) is 33.3 Å². The third-order valence-electron chi connectivity index (χ3n) is 5.12. The predicted molar refractivity (Wildman–Crippen MR) is 122 cm³/mol. The van der Waals surface area contributed by atoms with Crippen LogP contribution in [0.1, 0.15) is 0 Å². The number of hydrogen-bond acceptors (Lipinski definition) is 2. The molecule has 0 saturated carbocycles. The summed E-state index contributed by atoms with van der Waals surface area (Å²) in [6.45, 7) is 0. The smallest absolute Gasteiger partial charge is 0.172 e. The highest BCUT2D eigenvalue weighted by Crippen LogP contribution is 2.35. The fraction of sp³-hybridized carbons (Fsp3) is 0. The molecule has 0 aliphatic heterocycles. The van der Waals surface area contributed by atoms with Gasteiger partial charge in [-0.2, -0.15) is 0 Å². The highest BCUT2D eigenvalue weighted by molar-refractivity contribution is 5.96. The van der Waals surface area contributed by atoms with Crippen LogP contribution in [-0.4, -0.2) is 4.98 Å². The zero-order valence-electron chi connectivity index (χ0n) is 16.2. The van der Waals surface area contributed by atoms with E-state index >= 15 is 4.39 Å². The largest absolute Gasteiger partial charge is 0.353 e. The van der Waals surface area contributed by atoms with Crippen LogP contribution in [-0.2, 0) is 0 Å². The molecule has 3 heteroatoms. The summed E-state index contributed by atoms with van der Waals surface area (Å²) in [7, 11) is 0. The number of halogens is 1. The van der Waals surface area contributed by atoms with Crippen molar-refractivity contribution in [3.05, 3.63) is 115 Å². The minimum absolute atomic E-state index is 0.339. The fourth-order valence-electron chi connectivity index (χ4n) is 3.66. The standard InChI is InChI=1S/C27H19FN2/c28-26-25(29-21-14-5-2-6-15-21)18-24(20-11-3-1-4-12-20)30-27(26)23-17-9-13-19-10-7-8-16-22(19)23/h1-18H,(H,29,30). The van der Waals surface area contributed by atoms with Crippen molar-refractivity contribution in [2.24, 2.45) is 0 Å². The Morgan fingerprint density at radius 3 is 2.13 bits per heavy atom. The van der Waals surface area contributed by atoms with Crippen LogP contribution in [0, 0.1) is 5.82 Å². The molecule has 0 aliphatic rings. The molecule has 1 heterocycles. The molecule has 4 aromatic carbocycles. The van der Waals surface area contributed by atoms with Crippen LogP contribution >= 0.6 is 0 Å². The van der Waals surface area contributed by atoms with E-state index in [1.807, 2.05) is 103 Å². The molecule has 5 aromatic rings. The first-order valence-corrected chi connectivity index (χ1v) is 9.86. The van der Waals surface area contributed by atoms with Gasteiger partial charge in [-0.25, -0.2) is 9.37 Å². The van der Waals surface area contributed by atoms with E-state index in [1.54, 1.807) is 6.07 Å². The zero-order chi connectivity index (χ0) is 20.3. The lowest BCUT2D eigenvalue weighted by Gasteiger charge is -2.15. The lowest BCUT2D eigenvalue weighted by molar-refractivity contribution is 0.630. The molecular weight excluding hydrogens is 371 g/mol. The third-order valence-corrected chi connectivity index (χ3v) is 5.12. The molecule has 30 heavy (non-hydrogen) atoms. The molecule has 144 valence electrons. The molecule has 0 saturated heterocycles. The van der Waals surface area contributed by atoms with E-state index in [4.69, 9.17) is 4.98 Å². The second-order valence-corrected chi connectivity index (χ2v) is 7.10. The van der Waals surface area contributed by atoms with Crippen LogP contribution in [0.5, 0.6) is 0 Å². The van der Waals surface area contributed by atoms with E-state index in [0.29, 0.717) is 11.4 Å². The van der Waals surface area contributed by atoms with Crippen LogP contribution in [0.15, 0.2) is 109 Å². The Kier molecular flexibility index (Phi) is 4.70. The molecule has 0 radical (unpaired) electrons. The topological polar surface area (TPSA) is 24.9 Å². The number of pyridine rings is 1. The molecule has 0 atom stereocenters. The maximum atomic E-state index is 15.7. The summed E-state index contributed by atoms with van der Waals surface area (Å²) < 4.78 is 15.7. The highest BCUT2D eigenvalue weighted by Gasteiger charge is 2.17. The van der Waals surface area contributed by atoms with Gasteiger partial charge in [-0.15, -0.1) is 0 Å². The Morgan fingerprint density at radius 1 is 0.667 bits per heavy atom. The van der Waals surface area contributed by atoms with Gasteiger partial charge >= 0.3 is 0 Å². The number of para-hydroxylation sites is 1. The Labute approximate surface area is 174 Å². The monoisotopic (exact) mass is 390 g/mol. The summed E-state index contributed by atoms with van der Waals surface area (Å²) in [5, 5.41) is 5.25. The summed E-state index contributed by atoms with van der Waals surface area (Å²) >= 11 is 0. The van der Waals surface area contributed by atoms with Crippen LogP contribution in [0.4, 0.5) is 15.8 Å². The Morgan fingerprint density at radius 2 is 1.33 bits per heavy atom. The third kappa shape index (κ3) is 3.42. The summed E-state index contributed by atoms with van der Waals surface area (Å²) in [5.74, 6) is -0.366. The van der Waals surface area contributed by atoms with Gasteiger partial charge in [-0.05, 0) is 29.0 Å². The number of fused-ring (bicyclic) bond motifs is 1. The van der Waals surface area contributed by atoms with Gasteiger partial charge in [0.05, 0.1) is 11.4 Å². The Hall–Kier alpha value is -3.98. The van der Waals surface area contributed by atoms with Crippen LogP contribution in [0.2, 0.25) is 0 Å². The maximum absolute atomic E-state index is 15.7. The van der Waals surface area contributed by atoms with Crippen molar-refractivity contribution in [2.75, 3.05) is 5.32 Å². The maximum Gasteiger partial charge on any atom is 0.172 e. The van der Waals surface area contributed by atoms with Crippen LogP contribution < -0.4 is 5.32 Å². The lowest BCUT2D eigenvalue weighted by atomic mass is 10.00. The molecule has 0 bridgehead atoms. The predicted octanol–water partition coefficient (Wildman–Crippen LogP) is 7.45. The molecule has 5 rings (SSSR count). The first kappa shape index (κ1) is 18.1. The van der Waals surface area contributed by atoms with Crippen molar-refractivity contribution >= 4 is 22.1 Å². The summed E-state index contributed by atoms with van der Waals surface area (Å²) in [5.41, 5.74) is 4.00. The molecule has 1 N–H and O–H groups in total.